The zero-order valence-electron chi connectivity index (χ0n) is 25.1. The molecule has 0 saturated heterocycles. The van der Waals surface area contributed by atoms with Gasteiger partial charge in [-0.25, -0.2) is 14.2 Å². The number of nitrogens with two attached hydrogens (primary N) is 1. The molecule has 0 heterocycles. The van der Waals surface area contributed by atoms with Crippen molar-refractivity contribution >= 4 is 32.0 Å². The molecule has 0 aliphatic rings. The average Bonchev–Trinajstić information content (AvgIpc) is 2.92. The van der Waals surface area contributed by atoms with Crippen molar-refractivity contribution < 1.29 is 51.8 Å². The number of carbonyl (C=O) groups is 3. The van der Waals surface area contributed by atoms with E-state index in [9.17, 15) is 18.9 Å². The van der Waals surface area contributed by atoms with Crippen LogP contribution >= 0.6 is 7.75 Å². The lowest BCUT2D eigenvalue weighted by Gasteiger charge is -2.19. The third-order valence-corrected chi connectivity index (χ3v) is 6.83. The zero-order valence-corrected chi connectivity index (χ0v) is 26.0. The second-order valence-corrected chi connectivity index (χ2v) is 10.8. The lowest BCUT2D eigenvalue weighted by molar-refractivity contribution is -0.166. The minimum absolute atomic E-state index is 0.234. The highest BCUT2D eigenvalue weighted by molar-refractivity contribution is 7.52. The molecule has 0 aromatic carbocycles. The van der Waals surface area contributed by atoms with Gasteiger partial charge in [0.2, 0.25) is 5.96 Å². The Morgan fingerprint density at radius 1 is 0.659 bits per heavy atom. The minimum Gasteiger partial charge on any atom is -0.434 e. The van der Waals surface area contributed by atoms with Crippen LogP contribution in [0.2, 0.25) is 0 Å². The van der Waals surface area contributed by atoms with Gasteiger partial charge >= 0.3 is 26.0 Å². The summed E-state index contributed by atoms with van der Waals surface area (Å²) in [6.45, 7) is 4.53. The molecule has 0 aliphatic heterocycles. The van der Waals surface area contributed by atoms with Gasteiger partial charge in [-0.15, -0.1) is 4.76 Å². The van der Waals surface area contributed by atoms with Crippen LogP contribution in [0, 0.1) is 0 Å². The third-order valence-electron chi connectivity index (χ3n) is 5.36. The number of unbranched alkanes of at least 4 members (excludes halogenated alkanes) is 10. The first kappa shape index (κ1) is 38.4. The van der Waals surface area contributed by atoms with Gasteiger partial charge in [0.15, 0.2) is 0 Å². The molecule has 0 rings (SSSR count). The van der Waals surface area contributed by atoms with Gasteiger partial charge in [-0.1, -0.05) is 78.1 Å². The molecule has 0 fully saturated rings. The van der Waals surface area contributed by atoms with Gasteiger partial charge in [0.1, 0.15) is 13.2 Å². The number of hydrogen-bond donors (Lipinski definition) is 1. The lowest BCUT2D eigenvalue weighted by Crippen LogP contribution is -2.35. The van der Waals surface area contributed by atoms with Crippen molar-refractivity contribution in [2.75, 3.05) is 46.7 Å². The van der Waals surface area contributed by atoms with Crippen LogP contribution in [0.1, 0.15) is 97.8 Å². The number of guanidine groups is 1. The predicted octanol–water partition coefficient (Wildman–Crippen LogP) is 5.88. The molecule has 0 bridgehead atoms. The Hall–Kier alpha value is -2.57. The summed E-state index contributed by atoms with van der Waals surface area (Å²) < 4.78 is 47.0. The topological polar surface area (TPSA) is 175 Å². The first-order valence-corrected chi connectivity index (χ1v) is 15.9. The lowest BCUT2D eigenvalue weighted by atomic mass is 10.1. The maximum atomic E-state index is 13.1. The summed E-state index contributed by atoms with van der Waals surface area (Å²) in [5.41, 5.74) is 5.72. The standard InChI is InChI=1S/C26H50N3O11P/c1-5-7-9-11-13-15-17-34-25(31)36-19-21-38-41(33,28-24(27)29(4)40-23(3)30)39-22-20-37-26(32)35-18-16-14-12-10-8-6-2/h5-22H2,1-4H3,(H2,27,28,33). The van der Waals surface area contributed by atoms with Gasteiger partial charge in [0.05, 0.1) is 26.4 Å². The van der Waals surface area contributed by atoms with Crippen LogP contribution in [-0.4, -0.2) is 76.0 Å². The second-order valence-electron chi connectivity index (χ2n) is 9.10. The fourth-order valence-corrected chi connectivity index (χ4v) is 4.41. The van der Waals surface area contributed by atoms with Crippen LogP contribution in [0.25, 0.3) is 0 Å². The number of rotatable bonds is 23. The Morgan fingerprint density at radius 3 is 1.46 bits per heavy atom. The highest BCUT2D eigenvalue weighted by atomic mass is 31.2. The van der Waals surface area contributed by atoms with E-state index in [0.29, 0.717) is 0 Å². The predicted molar refractivity (Wildman–Crippen MR) is 152 cm³/mol. The summed E-state index contributed by atoms with van der Waals surface area (Å²) in [7, 11) is -3.05. The van der Waals surface area contributed by atoms with E-state index >= 15 is 0 Å². The Bertz CT molecular complexity index is 757. The fourth-order valence-electron chi connectivity index (χ4n) is 3.24. The van der Waals surface area contributed by atoms with Gasteiger partial charge < -0.3 is 29.5 Å². The largest absolute Gasteiger partial charge is 0.508 e. The van der Waals surface area contributed by atoms with Crippen LogP contribution in [0.5, 0.6) is 0 Å². The summed E-state index contributed by atoms with van der Waals surface area (Å²) >= 11 is 0. The van der Waals surface area contributed by atoms with E-state index in [0.717, 1.165) is 76.2 Å². The Morgan fingerprint density at radius 2 is 1.05 bits per heavy atom. The van der Waals surface area contributed by atoms with Crippen molar-refractivity contribution in [2.24, 2.45) is 10.5 Å². The first-order valence-electron chi connectivity index (χ1n) is 14.4. The first-order chi connectivity index (χ1) is 19.6. The molecular weight excluding hydrogens is 561 g/mol. The molecule has 0 aromatic heterocycles. The normalized spacial score (nSPS) is 11.6. The quantitative estimate of drug-likeness (QED) is 0.0362. The average molecular weight is 612 g/mol. The van der Waals surface area contributed by atoms with Crippen molar-refractivity contribution in [3.8, 4) is 0 Å². The Kier molecular flexibility index (Phi) is 23.6. The van der Waals surface area contributed by atoms with Gasteiger partial charge in [0, 0.05) is 14.0 Å². The summed E-state index contributed by atoms with van der Waals surface area (Å²) in [6, 6.07) is 0. The highest BCUT2D eigenvalue weighted by Crippen LogP contribution is 2.49. The summed E-state index contributed by atoms with van der Waals surface area (Å²) in [4.78, 5) is 39.4. The molecule has 0 atom stereocenters. The van der Waals surface area contributed by atoms with E-state index in [4.69, 9.17) is 38.6 Å². The molecule has 0 aliphatic carbocycles. The van der Waals surface area contributed by atoms with E-state index in [-0.39, 0.29) is 39.6 Å². The molecule has 2 N–H and O–H groups in total. The maximum absolute atomic E-state index is 13.1. The summed E-state index contributed by atoms with van der Waals surface area (Å²) in [5, 5.41) is 0.772. The van der Waals surface area contributed by atoms with Crippen LogP contribution in [0.4, 0.5) is 9.59 Å². The number of nitrogens with zero attached hydrogens (tertiary/aromatic N) is 2. The molecule has 41 heavy (non-hydrogen) atoms. The molecule has 14 nitrogen and oxygen atoms in total. The molecule has 0 aromatic rings. The Balaban J connectivity index is 4.56. The van der Waals surface area contributed by atoms with Crippen LogP contribution in [0.15, 0.2) is 4.76 Å². The van der Waals surface area contributed by atoms with Gasteiger partial charge in [-0.3, -0.25) is 13.8 Å². The monoisotopic (exact) mass is 611 g/mol. The molecule has 240 valence electrons. The van der Waals surface area contributed by atoms with Gasteiger partial charge in [-0.05, 0) is 12.8 Å². The molecule has 0 saturated carbocycles. The molecule has 0 amide bonds. The summed E-state index contributed by atoms with van der Waals surface area (Å²) in [6.07, 6.45) is 10.8. The SMILES string of the molecule is CCCCCCCCOC(=O)OCCOP(=O)(N=C(N)N(C)OC(C)=O)OCCOC(=O)OCCCCCCCC. The van der Waals surface area contributed by atoms with Crippen LogP contribution < -0.4 is 5.73 Å². The fraction of sp³-hybridized carbons (Fsp3) is 0.846. The van der Waals surface area contributed by atoms with E-state index in [1.165, 1.54) is 19.9 Å². The second kappa shape index (κ2) is 25.2. The minimum atomic E-state index is -4.31. The number of hydroxylamine groups is 2. The van der Waals surface area contributed by atoms with Gasteiger partial charge in [-0.2, -0.15) is 5.06 Å². The zero-order chi connectivity index (χ0) is 30.8. The highest BCUT2D eigenvalue weighted by Gasteiger charge is 2.27. The van der Waals surface area contributed by atoms with Crippen molar-refractivity contribution in [1.82, 2.24) is 5.06 Å². The number of ether oxygens (including phenoxy) is 4. The molecule has 0 spiro atoms. The third kappa shape index (κ3) is 23.8. The summed E-state index contributed by atoms with van der Waals surface area (Å²) in [5.74, 6) is -1.18. The molecular formula is C26H50N3O11P. The smallest absolute Gasteiger partial charge is 0.434 e. The molecule has 0 unspecified atom stereocenters. The van der Waals surface area contributed by atoms with E-state index in [1.54, 1.807) is 0 Å². The Labute approximate surface area is 244 Å². The van der Waals surface area contributed by atoms with E-state index in [2.05, 4.69) is 18.6 Å². The number of hydrogen-bond acceptors (Lipinski definition) is 11. The van der Waals surface area contributed by atoms with Crippen LogP contribution in [-0.2, 0) is 42.2 Å². The van der Waals surface area contributed by atoms with E-state index in [1.807, 2.05) is 0 Å². The van der Waals surface area contributed by atoms with Crippen molar-refractivity contribution in [3.05, 3.63) is 0 Å². The maximum Gasteiger partial charge on any atom is 0.508 e. The molecule has 15 heteroatoms. The van der Waals surface area contributed by atoms with Crippen LogP contribution in [0.3, 0.4) is 0 Å². The van der Waals surface area contributed by atoms with Crippen molar-refractivity contribution in [3.63, 3.8) is 0 Å². The van der Waals surface area contributed by atoms with Crippen molar-refractivity contribution in [1.29, 1.82) is 0 Å². The molecule has 0 radical (unpaired) electrons. The van der Waals surface area contributed by atoms with Crippen molar-refractivity contribution in [2.45, 2.75) is 97.8 Å². The van der Waals surface area contributed by atoms with Gasteiger partial charge in [0.25, 0.3) is 0 Å². The van der Waals surface area contributed by atoms with E-state index < -0.39 is 32.0 Å². The number of carbonyl (C=O) groups excluding carboxylic acids is 3.